The highest BCUT2D eigenvalue weighted by Gasteiger charge is 2.57. The number of hydrogen-bond acceptors (Lipinski definition) is 4. The summed E-state index contributed by atoms with van der Waals surface area (Å²) in [6, 6.07) is 12.3. The molecule has 6 heteroatoms. The molecule has 1 spiro atoms. The first-order valence-electron chi connectivity index (χ1n) is 10.6. The first-order valence-corrected chi connectivity index (χ1v) is 10.6. The maximum atomic E-state index is 13.0. The second-order valence-corrected chi connectivity index (χ2v) is 9.15. The Morgan fingerprint density at radius 1 is 1.17 bits per heavy atom. The Morgan fingerprint density at radius 2 is 1.90 bits per heavy atom. The average Bonchev–Trinajstić information content (AvgIpc) is 3.06. The summed E-state index contributed by atoms with van der Waals surface area (Å²) in [5, 5.41) is 3.10. The zero-order valence-electron chi connectivity index (χ0n) is 18.0. The number of carbonyl (C=O) groups is 2. The van der Waals surface area contributed by atoms with Crippen molar-refractivity contribution in [1.82, 2.24) is 20.1 Å². The molecule has 2 saturated heterocycles. The Labute approximate surface area is 178 Å². The first-order chi connectivity index (χ1) is 14.4. The minimum Gasteiger partial charge on any atom is -0.354 e. The average molecular weight is 407 g/mol. The molecule has 4 rings (SSSR count). The molecule has 0 radical (unpaired) electrons. The lowest BCUT2D eigenvalue weighted by Gasteiger charge is -2.50. The lowest BCUT2D eigenvalue weighted by Crippen LogP contribution is -2.64. The number of nitrogens with one attached hydrogen (secondary N) is 1. The van der Waals surface area contributed by atoms with Gasteiger partial charge in [0.1, 0.15) is 0 Å². The second-order valence-electron chi connectivity index (χ2n) is 9.15. The molecule has 1 aromatic heterocycles. The Kier molecular flexibility index (Phi) is 5.60. The summed E-state index contributed by atoms with van der Waals surface area (Å²) in [5.41, 5.74) is 2.66. The fraction of sp³-hybridized carbons (Fsp3) is 0.458. The molecule has 2 aliphatic heterocycles. The molecule has 0 aliphatic carbocycles. The Hall–Kier alpha value is -2.73. The SMILES string of the molecule is Cc1cncc(C(=O)N2CC3(CN(Cc4ccccc4)CC3C(=O)NC(C)C)C2)c1. The molecule has 2 fully saturated rings. The van der Waals surface area contributed by atoms with E-state index in [-0.39, 0.29) is 29.2 Å². The van der Waals surface area contributed by atoms with E-state index in [9.17, 15) is 9.59 Å². The number of amides is 2. The van der Waals surface area contributed by atoms with E-state index in [0.29, 0.717) is 18.7 Å². The molecule has 1 N–H and O–H groups in total. The topological polar surface area (TPSA) is 65.5 Å². The lowest BCUT2D eigenvalue weighted by atomic mass is 9.71. The molecule has 0 bridgehead atoms. The number of likely N-dealkylation sites (tertiary alicyclic amines) is 2. The Bertz CT molecular complexity index is 922. The van der Waals surface area contributed by atoms with E-state index in [4.69, 9.17) is 0 Å². The van der Waals surface area contributed by atoms with E-state index < -0.39 is 0 Å². The zero-order chi connectivity index (χ0) is 21.3. The van der Waals surface area contributed by atoms with Crippen LogP contribution in [0.2, 0.25) is 0 Å². The van der Waals surface area contributed by atoms with Crippen LogP contribution in [0.15, 0.2) is 48.8 Å². The molecule has 1 atom stereocenters. The van der Waals surface area contributed by atoms with Crippen molar-refractivity contribution in [3.05, 3.63) is 65.5 Å². The summed E-state index contributed by atoms with van der Waals surface area (Å²) in [7, 11) is 0. The number of nitrogens with zero attached hydrogens (tertiary/aromatic N) is 3. The minimum atomic E-state index is -0.180. The Balaban J connectivity index is 1.49. The number of carbonyl (C=O) groups excluding carboxylic acids is 2. The molecule has 1 aromatic carbocycles. The van der Waals surface area contributed by atoms with Gasteiger partial charge in [-0.15, -0.1) is 0 Å². The number of pyridine rings is 1. The van der Waals surface area contributed by atoms with Crippen LogP contribution in [0.3, 0.4) is 0 Å². The van der Waals surface area contributed by atoms with Gasteiger partial charge < -0.3 is 10.2 Å². The van der Waals surface area contributed by atoms with E-state index in [0.717, 1.165) is 25.2 Å². The van der Waals surface area contributed by atoms with Crippen LogP contribution in [-0.2, 0) is 11.3 Å². The van der Waals surface area contributed by atoms with Crippen molar-refractivity contribution in [2.75, 3.05) is 26.2 Å². The van der Waals surface area contributed by atoms with Gasteiger partial charge in [0.2, 0.25) is 5.91 Å². The summed E-state index contributed by atoms with van der Waals surface area (Å²) >= 11 is 0. The first kappa shape index (κ1) is 20.5. The summed E-state index contributed by atoms with van der Waals surface area (Å²) in [6.45, 7) is 9.51. The monoisotopic (exact) mass is 406 g/mol. The predicted octanol–water partition coefficient (Wildman–Crippen LogP) is 2.49. The molecular formula is C24H30N4O2. The van der Waals surface area contributed by atoms with E-state index in [1.807, 2.05) is 49.9 Å². The predicted molar refractivity (Wildman–Crippen MR) is 116 cm³/mol. The number of aryl methyl sites for hydroxylation is 1. The van der Waals surface area contributed by atoms with Crippen LogP contribution in [-0.4, -0.2) is 58.8 Å². The van der Waals surface area contributed by atoms with Gasteiger partial charge in [-0.3, -0.25) is 19.5 Å². The molecule has 2 aliphatic rings. The van der Waals surface area contributed by atoms with Gasteiger partial charge in [-0.1, -0.05) is 30.3 Å². The van der Waals surface area contributed by atoms with Gasteiger partial charge in [0.15, 0.2) is 0 Å². The molecule has 0 saturated carbocycles. The molecule has 1 unspecified atom stereocenters. The molecule has 30 heavy (non-hydrogen) atoms. The molecule has 6 nitrogen and oxygen atoms in total. The molecule has 2 amide bonds. The minimum absolute atomic E-state index is 0.00125. The third-order valence-corrected chi connectivity index (χ3v) is 6.14. The van der Waals surface area contributed by atoms with Crippen LogP contribution >= 0.6 is 0 Å². The number of benzene rings is 1. The smallest absolute Gasteiger partial charge is 0.255 e. The van der Waals surface area contributed by atoms with Crippen LogP contribution in [0.25, 0.3) is 0 Å². The fourth-order valence-corrected chi connectivity index (χ4v) is 4.81. The van der Waals surface area contributed by atoms with Gasteiger partial charge in [0.25, 0.3) is 5.91 Å². The van der Waals surface area contributed by atoms with Crippen molar-refractivity contribution >= 4 is 11.8 Å². The van der Waals surface area contributed by atoms with Gasteiger partial charge in [0.05, 0.1) is 11.5 Å². The van der Waals surface area contributed by atoms with Crippen molar-refractivity contribution < 1.29 is 9.59 Å². The third-order valence-electron chi connectivity index (χ3n) is 6.14. The summed E-state index contributed by atoms with van der Waals surface area (Å²) in [6.07, 6.45) is 3.37. The summed E-state index contributed by atoms with van der Waals surface area (Å²) < 4.78 is 0. The van der Waals surface area contributed by atoms with Gasteiger partial charge >= 0.3 is 0 Å². The molecular weight excluding hydrogens is 376 g/mol. The van der Waals surface area contributed by atoms with Crippen molar-refractivity contribution in [1.29, 1.82) is 0 Å². The van der Waals surface area contributed by atoms with Crippen LogP contribution in [0, 0.1) is 18.3 Å². The van der Waals surface area contributed by atoms with Gasteiger partial charge in [-0.05, 0) is 38.0 Å². The highest BCUT2D eigenvalue weighted by atomic mass is 16.2. The van der Waals surface area contributed by atoms with E-state index >= 15 is 0 Å². The van der Waals surface area contributed by atoms with E-state index in [2.05, 4.69) is 27.3 Å². The maximum Gasteiger partial charge on any atom is 0.255 e. The number of rotatable bonds is 5. The number of aromatic nitrogens is 1. The standard InChI is InChI=1S/C24H30N4O2/c1-17(2)26-22(29)21-13-27(12-19-7-5-4-6-8-19)14-24(21)15-28(16-24)23(30)20-9-18(3)10-25-11-20/h4-11,17,21H,12-16H2,1-3H3,(H,26,29). The van der Waals surface area contributed by atoms with Crippen LogP contribution in [0.5, 0.6) is 0 Å². The van der Waals surface area contributed by atoms with Crippen LogP contribution in [0.1, 0.15) is 35.3 Å². The highest BCUT2D eigenvalue weighted by Crippen LogP contribution is 2.45. The largest absolute Gasteiger partial charge is 0.354 e. The normalized spacial score (nSPS) is 20.4. The van der Waals surface area contributed by atoms with Crippen molar-refractivity contribution in [3.8, 4) is 0 Å². The quantitative estimate of drug-likeness (QED) is 0.829. The maximum absolute atomic E-state index is 13.0. The van der Waals surface area contributed by atoms with E-state index in [1.165, 1.54) is 5.56 Å². The molecule has 2 aromatic rings. The van der Waals surface area contributed by atoms with Crippen molar-refractivity contribution in [2.45, 2.75) is 33.4 Å². The van der Waals surface area contributed by atoms with Crippen LogP contribution < -0.4 is 5.32 Å². The highest BCUT2D eigenvalue weighted by molar-refractivity contribution is 5.95. The van der Waals surface area contributed by atoms with Crippen molar-refractivity contribution in [2.24, 2.45) is 11.3 Å². The summed E-state index contributed by atoms with van der Waals surface area (Å²) in [5.74, 6) is -0.00506. The lowest BCUT2D eigenvalue weighted by molar-refractivity contribution is -0.131. The second kappa shape index (κ2) is 8.19. The van der Waals surface area contributed by atoms with Crippen LogP contribution in [0.4, 0.5) is 0 Å². The molecule has 158 valence electrons. The summed E-state index contributed by atoms with van der Waals surface area (Å²) in [4.78, 5) is 34.3. The van der Waals surface area contributed by atoms with Gasteiger partial charge in [0, 0.05) is 56.6 Å². The van der Waals surface area contributed by atoms with E-state index in [1.54, 1.807) is 12.4 Å². The van der Waals surface area contributed by atoms with Gasteiger partial charge in [-0.25, -0.2) is 0 Å². The third kappa shape index (κ3) is 4.10. The van der Waals surface area contributed by atoms with Crippen molar-refractivity contribution in [3.63, 3.8) is 0 Å². The Morgan fingerprint density at radius 3 is 2.57 bits per heavy atom. The molecule has 3 heterocycles. The fourth-order valence-electron chi connectivity index (χ4n) is 4.81. The van der Waals surface area contributed by atoms with Gasteiger partial charge in [-0.2, -0.15) is 0 Å². The zero-order valence-corrected chi connectivity index (χ0v) is 18.0. The number of hydrogen-bond donors (Lipinski definition) is 1.